The van der Waals surface area contributed by atoms with Gasteiger partial charge < -0.3 is 14.3 Å². The highest BCUT2D eigenvalue weighted by atomic mass is 35.5. The van der Waals surface area contributed by atoms with E-state index in [2.05, 4.69) is 15.0 Å². The van der Waals surface area contributed by atoms with Crippen molar-refractivity contribution in [2.75, 3.05) is 27.2 Å². The summed E-state index contributed by atoms with van der Waals surface area (Å²) in [5, 5.41) is 8.91. The third kappa shape index (κ3) is 6.54. The Kier molecular flexibility index (Phi) is 8.27. The molecule has 3 rings (SSSR count). The zero-order chi connectivity index (χ0) is 21.5. The Morgan fingerprint density at radius 1 is 1.17 bits per heavy atom. The van der Waals surface area contributed by atoms with Gasteiger partial charge in [0, 0.05) is 36.9 Å². The van der Waals surface area contributed by atoms with Gasteiger partial charge in [0.2, 0.25) is 17.6 Å². The molecule has 30 heavy (non-hydrogen) atoms. The third-order valence-electron chi connectivity index (χ3n) is 4.54. The molecule has 3 aromatic rings. The van der Waals surface area contributed by atoms with Crippen LogP contribution in [-0.2, 0) is 17.8 Å². The van der Waals surface area contributed by atoms with Crippen LogP contribution in [0.4, 0.5) is 0 Å². The lowest BCUT2D eigenvalue weighted by Crippen LogP contribution is -2.33. The van der Waals surface area contributed by atoms with Crippen molar-refractivity contribution in [3.63, 3.8) is 0 Å². The van der Waals surface area contributed by atoms with Crippen LogP contribution in [-0.4, -0.2) is 53.0 Å². The van der Waals surface area contributed by atoms with Crippen molar-refractivity contribution in [2.24, 2.45) is 0 Å². The van der Waals surface area contributed by atoms with Crippen LogP contribution in [0.25, 0.3) is 11.4 Å². The first-order valence-corrected chi connectivity index (χ1v) is 11.3. The third-order valence-corrected chi connectivity index (χ3v) is 5.97. The molecule has 0 unspecified atom stereocenters. The smallest absolute Gasteiger partial charge is 0.227 e. The van der Waals surface area contributed by atoms with E-state index in [0.717, 1.165) is 24.1 Å². The van der Waals surface area contributed by atoms with Crippen molar-refractivity contribution >= 4 is 40.4 Å². The van der Waals surface area contributed by atoms with Crippen molar-refractivity contribution in [3.8, 4) is 11.4 Å². The van der Waals surface area contributed by atoms with Crippen molar-refractivity contribution in [1.29, 1.82) is 0 Å². The molecule has 0 fully saturated rings. The van der Waals surface area contributed by atoms with Crippen molar-refractivity contribution in [2.45, 2.75) is 25.8 Å². The highest BCUT2D eigenvalue weighted by molar-refractivity contribution is 7.08. The fourth-order valence-corrected chi connectivity index (χ4v) is 3.92. The summed E-state index contributed by atoms with van der Waals surface area (Å²) in [6, 6.07) is 7.40. The highest BCUT2D eigenvalue weighted by Crippen LogP contribution is 2.24. The number of thiophene rings is 1. The maximum atomic E-state index is 12.9. The molecule has 0 bridgehead atoms. The zero-order valence-electron chi connectivity index (χ0n) is 17.0. The molecule has 0 aliphatic heterocycles. The molecule has 6 nitrogen and oxygen atoms in total. The van der Waals surface area contributed by atoms with Crippen molar-refractivity contribution in [3.05, 3.63) is 56.5 Å². The van der Waals surface area contributed by atoms with E-state index in [0.29, 0.717) is 47.7 Å². The average Bonchev–Trinajstić information content (AvgIpc) is 3.39. The van der Waals surface area contributed by atoms with Crippen molar-refractivity contribution < 1.29 is 9.32 Å². The molecule has 0 N–H and O–H groups in total. The molecule has 0 saturated heterocycles. The molecule has 0 radical (unpaired) electrons. The van der Waals surface area contributed by atoms with Crippen LogP contribution in [0.1, 0.15) is 24.3 Å². The van der Waals surface area contributed by atoms with Gasteiger partial charge in [0.15, 0.2) is 0 Å². The number of carbonyl (C=O) groups is 1. The maximum Gasteiger partial charge on any atom is 0.227 e. The number of halogens is 2. The van der Waals surface area contributed by atoms with Gasteiger partial charge in [-0.25, -0.2) is 0 Å². The van der Waals surface area contributed by atoms with Gasteiger partial charge in [-0.1, -0.05) is 34.4 Å². The number of carbonyl (C=O) groups excluding carboxylic acids is 1. The molecule has 2 heterocycles. The van der Waals surface area contributed by atoms with Gasteiger partial charge in [0.05, 0.1) is 10.0 Å². The number of hydrogen-bond donors (Lipinski definition) is 0. The Balaban J connectivity index is 1.62. The Hall–Kier alpha value is -1.93. The van der Waals surface area contributed by atoms with E-state index < -0.39 is 0 Å². The number of benzene rings is 1. The zero-order valence-corrected chi connectivity index (χ0v) is 19.3. The number of aromatic nitrogens is 2. The van der Waals surface area contributed by atoms with Crippen LogP contribution >= 0.6 is 34.5 Å². The second kappa shape index (κ2) is 10.9. The number of hydrogen-bond acceptors (Lipinski definition) is 6. The summed E-state index contributed by atoms with van der Waals surface area (Å²) in [5.41, 5.74) is 1.87. The molecule has 1 aromatic carbocycles. The van der Waals surface area contributed by atoms with Gasteiger partial charge in [-0.3, -0.25) is 4.79 Å². The van der Waals surface area contributed by atoms with E-state index in [1.165, 1.54) is 0 Å². The first kappa shape index (κ1) is 22.7. The van der Waals surface area contributed by atoms with Crippen LogP contribution in [0.2, 0.25) is 10.0 Å². The lowest BCUT2D eigenvalue weighted by molar-refractivity contribution is -0.132. The minimum atomic E-state index is 0.0371. The van der Waals surface area contributed by atoms with Crippen molar-refractivity contribution in [1.82, 2.24) is 19.9 Å². The van der Waals surface area contributed by atoms with Crippen LogP contribution in [0, 0.1) is 0 Å². The molecular formula is C21H24Cl2N4O2S. The van der Waals surface area contributed by atoms with E-state index >= 15 is 0 Å². The molecule has 0 aliphatic rings. The van der Waals surface area contributed by atoms with Crippen LogP contribution in [0.5, 0.6) is 0 Å². The van der Waals surface area contributed by atoms with Gasteiger partial charge in [0.25, 0.3) is 0 Å². The number of rotatable bonds is 10. The molecule has 2 aromatic heterocycles. The summed E-state index contributed by atoms with van der Waals surface area (Å²) in [7, 11) is 4.04. The summed E-state index contributed by atoms with van der Waals surface area (Å²) in [6.45, 7) is 2.03. The quantitative estimate of drug-likeness (QED) is 0.419. The number of nitrogens with zero attached hydrogens (tertiary/aromatic N) is 4. The maximum absolute atomic E-state index is 12.9. The second-order valence-electron chi connectivity index (χ2n) is 7.24. The fourth-order valence-electron chi connectivity index (χ4n) is 2.97. The fraction of sp³-hybridized carbons (Fsp3) is 0.381. The standard InChI is InChI=1S/C21H24Cl2N4O2S/c1-26(2)9-3-10-27(13-15-4-5-17(22)18(23)12-15)20(28)7-6-19-24-21(25-29-19)16-8-11-30-14-16/h4-5,8,11-12,14H,3,6-7,9-10,13H2,1-2H3. The molecule has 9 heteroatoms. The first-order chi connectivity index (χ1) is 14.4. The average molecular weight is 467 g/mol. The van der Waals surface area contributed by atoms with E-state index in [-0.39, 0.29) is 5.91 Å². The van der Waals surface area contributed by atoms with E-state index in [1.54, 1.807) is 23.5 Å². The highest BCUT2D eigenvalue weighted by Gasteiger charge is 2.17. The van der Waals surface area contributed by atoms with Gasteiger partial charge in [0.1, 0.15) is 0 Å². The summed E-state index contributed by atoms with van der Waals surface area (Å²) in [4.78, 5) is 21.3. The molecule has 0 aliphatic carbocycles. The molecule has 160 valence electrons. The van der Waals surface area contributed by atoms with E-state index in [1.807, 2.05) is 41.9 Å². The molecular weight excluding hydrogens is 443 g/mol. The van der Waals surface area contributed by atoms with Crippen LogP contribution in [0.3, 0.4) is 0 Å². The Bertz CT molecular complexity index is 960. The monoisotopic (exact) mass is 466 g/mol. The summed E-state index contributed by atoms with van der Waals surface area (Å²) < 4.78 is 5.31. The summed E-state index contributed by atoms with van der Waals surface area (Å²) >= 11 is 13.7. The van der Waals surface area contributed by atoms with Crippen LogP contribution < -0.4 is 0 Å². The molecule has 0 atom stereocenters. The molecule has 1 amide bonds. The van der Waals surface area contributed by atoms with Crippen LogP contribution in [0.15, 0.2) is 39.5 Å². The normalized spacial score (nSPS) is 11.2. The second-order valence-corrected chi connectivity index (χ2v) is 8.84. The predicted octanol–water partition coefficient (Wildman–Crippen LogP) is 5.02. The Morgan fingerprint density at radius 2 is 2.00 bits per heavy atom. The van der Waals surface area contributed by atoms with E-state index in [9.17, 15) is 4.79 Å². The SMILES string of the molecule is CN(C)CCCN(Cc1ccc(Cl)c(Cl)c1)C(=O)CCc1nc(-c2ccsc2)no1. The molecule has 0 saturated carbocycles. The number of amides is 1. The van der Waals surface area contributed by atoms with Gasteiger partial charge in [-0.15, -0.1) is 0 Å². The lowest BCUT2D eigenvalue weighted by atomic mass is 10.2. The number of aryl methyl sites for hydroxylation is 1. The first-order valence-electron chi connectivity index (χ1n) is 9.64. The summed E-state index contributed by atoms with van der Waals surface area (Å²) in [5.74, 6) is 1.06. The minimum Gasteiger partial charge on any atom is -0.339 e. The van der Waals surface area contributed by atoms with Gasteiger partial charge in [-0.2, -0.15) is 16.3 Å². The van der Waals surface area contributed by atoms with Gasteiger partial charge in [-0.05, 0) is 56.2 Å². The predicted molar refractivity (Wildman–Crippen MR) is 121 cm³/mol. The minimum absolute atomic E-state index is 0.0371. The largest absolute Gasteiger partial charge is 0.339 e. The Morgan fingerprint density at radius 3 is 2.70 bits per heavy atom. The summed E-state index contributed by atoms with van der Waals surface area (Å²) in [6.07, 6.45) is 1.58. The molecule has 0 spiro atoms. The lowest BCUT2D eigenvalue weighted by Gasteiger charge is -2.24. The van der Waals surface area contributed by atoms with E-state index in [4.69, 9.17) is 27.7 Å². The van der Waals surface area contributed by atoms with Gasteiger partial charge >= 0.3 is 0 Å². The Labute approximate surface area is 190 Å². The topological polar surface area (TPSA) is 62.5 Å².